The van der Waals surface area contributed by atoms with Gasteiger partial charge in [-0.2, -0.15) is 0 Å². The molecule has 1 saturated heterocycles. The lowest BCUT2D eigenvalue weighted by Crippen LogP contribution is -2.38. The van der Waals surface area contributed by atoms with Crippen molar-refractivity contribution in [1.82, 2.24) is 10.2 Å². The van der Waals surface area contributed by atoms with E-state index in [4.69, 9.17) is 4.74 Å². The average molecular weight is 366 g/mol. The molecular weight excluding hydrogens is 339 g/mol. The standard InChI is InChI=1S/C18H27FN4O3/c1-13(12-20-2)18(25)21-14-3-4-15(19)16(11-14)22-17(24)5-6-23-7-9-26-10-8-23/h3-4,11,13,20H,5-10,12H2,1-2H3,(H,21,25)(H,22,24). The van der Waals surface area contributed by atoms with Crippen LogP contribution in [0.2, 0.25) is 0 Å². The largest absolute Gasteiger partial charge is 0.379 e. The molecule has 1 aromatic rings. The fourth-order valence-electron chi connectivity index (χ4n) is 2.66. The molecule has 0 aromatic heterocycles. The van der Waals surface area contributed by atoms with Crippen molar-refractivity contribution in [2.45, 2.75) is 13.3 Å². The Kier molecular flexibility index (Phi) is 7.96. The summed E-state index contributed by atoms with van der Waals surface area (Å²) in [6.45, 7) is 5.88. The maximum absolute atomic E-state index is 14.0. The van der Waals surface area contributed by atoms with Crippen LogP contribution >= 0.6 is 0 Å². The number of hydrogen-bond donors (Lipinski definition) is 3. The summed E-state index contributed by atoms with van der Waals surface area (Å²) in [7, 11) is 1.77. The van der Waals surface area contributed by atoms with Gasteiger partial charge >= 0.3 is 0 Å². The van der Waals surface area contributed by atoms with Crippen LogP contribution in [-0.2, 0) is 14.3 Å². The molecule has 0 spiro atoms. The number of ether oxygens (including phenoxy) is 1. The van der Waals surface area contributed by atoms with E-state index < -0.39 is 5.82 Å². The number of halogens is 1. The van der Waals surface area contributed by atoms with Gasteiger partial charge in [0.15, 0.2) is 0 Å². The van der Waals surface area contributed by atoms with E-state index in [1.165, 1.54) is 18.2 Å². The van der Waals surface area contributed by atoms with Crippen LogP contribution in [-0.4, -0.2) is 63.2 Å². The highest BCUT2D eigenvalue weighted by Crippen LogP contribution is 2.20. The number of nitrogens with zero attached hydrogens (tertiary/aromatic N) is 1. The van der Waals surface area contributed by atoms with Crippen molar-refractivity contribution >= 4 is 23.2 Å². The Morgan fingerprint density at radius 2 is 2.00 bits per heavy atom. The number of rotatable bonds is 8. The zero-order chi connectivity index (χ0) is 18.9. The van der Waals surface area contributed by atoms with Crippen LogP contribution in [0.3, 0.4) is 0 Å². The lowest BCUT2D eigenvalue weighted by molar-refractivity contribution is -0.119. The molecule has 1 aliphatic rings. The van der Waals surface area contributed by atoms with Crippen LogP contribution in [0.1, 0.15) is 13.3 Å². The highest BCUT2D eigenvalue weighted by molar-refractivity contribution is 5.95. The molecule has 1 unspecified atom stereocenters. The van der Waals surface area contributed by atoms with Crippen molar-refractivity contribution in [2.75, 3.05) is 57.1 Å². The maximum Gasteiger partial charge on any atom is 0.228 e. The summed E-state index contributed by atoms with van der Waals surface area (Å²) in [5.74, 6) is -1.19. The minimum Gasteiger partial charge on any atom is -0.379 e. The van der Waals surface area contributed by atoms with Crippen LogP contribution in [0, 0.1) is 11.7 Å². The van der Waals surface area contributed by atoms with Crippen LogP contribution in [0.15, 0.2) is 18.2 Å². The minimum absolute atomic E-state index is 0.0658. The molecule has 3 N–H and O–H groups in total. The summed E-state index contributed by atoms with van der Waals surface area (Å²) < 4.78 is 19.2. The highest BCUT2D eigenvalue weighted by Gasteiger charge is 2.15. The van der Waals surface area contributed by atoms with Crippen LogP contribution < -0.4 is 16.0 Å². The molecule has 8 heteroatoms. The zero-order valence-electron chi connectivity index (χ0n) is 15.3. The second-order valence-corrected chi connectivity index (χ2v) is 6.39. The summed E-state index contributed by atoms with van der Waals surface area (Å²) in [5.41, 5.74) is 0.513. The number of hydrogen-bond acceptors (Lipinski definition) is 5. The molecule has 1 aliphatic heterocycles. The second kappa shape index (κ2) is 10.2. The van der Waals surface area contributed by atoms with E-state index in [-0.39, 0.29) is 29.8 Å². The lowest BCUT2D eigenvalue weighted by atomic mass is 10.1. The number of carbonyl (C=O) groups is 2. The topological polar surface area (TPSA) is 82.7 Å². The van der Waals surface area contributed by atoms with Gasteiger partial charge in [0.05, 0.1) is 18.9 Å². The first kappa shape index (κ1) is 20.3. The maximum atomic E-state index is 14.0. The van der Waals surface area contributed by atoms with E-state index in [0.29, 0.717) is 32.0 Å². The molecule has 2 amide bonds. The van der Waals surface area contributed by atoms with Crippen molar-refractivity contribution in [3.8, 4) is 0 Å². The fraction of sp³-hybridized carbons (Fsp3) is 0.556. The molecule has 144 valence electrons. The third-order valence-electron chi connectivity index (χ3n) is 4.22. The van der Waals surface area contributed by atoms with Gasteiger partial charge in [0.25, 0.3) is 0 Å². The van der Waals surface area contributed by atoms with Gasteiger partial charge in [-0.1, -0.05) is 6.92 Å². The zero-order valence-corrected chi connectivity index (χ0v) is 15.3. The molecule has 0 saturated carbocycles. The predicted molar refractivity (Wildman–Crippen MR) is 98.6 cm³/mol. The Hall–Kier alpha value is -2.03. The third kappa shape index (κ3) is 6.36. The van der Waals surface area contributed by atoms with Gasteiger partial charge in [-0.05, 0) is 25.2 Å². The smallest absolute Gasteiger partial charge is 0.228 e. The van der Waals surface area contributed by atoms with Crippen molar-refractivity contribution in [1.29, 1.82) is 0 Å². The van der Waals surface area contributed by atoms with Crippen molar-refractivity contribution < 1.29 is 18.7 Å². The molecule has 1 atom stereocenters. The number of morpholine rings is 1. The quantitative estimate of drug-likeness (QED) is 0.646. The highest BCUT2D eigenvalue weighted by atomic mass is 19.1. The van der Waals surface area contributed by atoms with Gasteiger partial charge in [0.2, 0.25) is 11.8 Å². The van der Waals surface area contributed by atoms with Crippen molar-refractivity contribution in [3.63, 3.8) is 0 Å². The van der Waals surface area contributed by atoms with Crippen LogP contribution in [0.5, 0.6) is 0 Å². The van der Waals surface area contributed by atoms with E-state index in [1.807, 2.05) is 0 Å². The Morgan fingerprint density at radius 1 is 1.27 bits per heavy atom. The average Bonchev–Trinajstić information content (AvgIpc) is 2.64. The van der Waals surface area contributed by atoms with E-state index in [0.717, 1.165) is 13.1 Å². The number of nitrogens with one attached hydrogen (secondary N) is 3. The number of amides is 2. The minimum atomic E-state index is -0.536. The molecular formula is C18H27FN4O3. The summed E-state index contributed by atoms with van der Waals surface area (Å²) in [6.07, 6.45) is 0.273. The summed E-state index contributed by atoms with van der Waals surface area (Å²) in [4.78, 5) is 26.3. The normalized spacial score (nSPS) is 16.1. The Bertz CT molecular complexity index is 620. The number of anilines is 2. The molecule has 0 aliphatic carbocycles. The van der Waals surface area contributed by atoms with Gasteiger partial charge in [-0.15, -0.1) is 0 Å². The monoisotopic (exact) mass is 366 g/mol. The molecule has 1 fully saturated rings. The summed E-state index contributed by atoms with van der Waals surface area (Å²) in [6, 6.07) is 4.14. The van der Waals surface area contributed by atoms with E-state index in [2.05, 4.69) is 20.9 Å². The molecule has 0 radical (unpaired) electrons. The van der Waals surface area contributed by atoms with Gasteiger partial charge in [0, 0.05) is 44.2 Å². The van der Waals surface area contributed by atoms with Crippen molar-refractivity contribution in [3.05, 3.63) is 24.0 Å². The van der Waals surface area contributed by atoms with E-state index in [9.17, 15) is 14.0 Å². The summed E-state index contributed by atoms with van der Waals surface area (Å²) in [5, 5.41) is 8.25. The number of benzene rings is 1. The van der Waals surface area contributed by atoms with Gasteiger partial charge < -0.3 is 20.7 Å². The van der Waals surface area contributed by atoms with E-state index in [1.54, 1.807) is 14.0 Å². The number of carbonyl (C=O) groups excluding carboxylic acids is 2. The SMILES string of the molecule is CNCC(C)C(=O)Nc1ccc(F)c(NC(=O)CCN2CCOCC2)c1. The second-order valence-electron chi connectivity index (χ2n) is 6.39. The molecule has 1 aromatic carbocycles. The molecule has 2 rings (SSSR count). The molecule has 0 bridgehead atoms. The van der Waals surface area contributed by atoms with Gasteiger partial charge in [-0.3, -0.25) is 14.5 Å². The van der Waals surface area contributed by atoms with Gasteiger partial charge in [-0.25, -0.2) is 4.39 Å². The fourth-order valence-corrected chi connectivity index (χ4v) is 2.66. The van der Waals surface area contributed by atoms with Gasteiger partial charge in [0.1, 0.15) is 5.82 Å². The van der Waals surface area contributed by atoms with Crippen LogP contribution in [0.4, 0.5) is 15.8 Å². The molecule has 1 heterocycles. The van der Waals surface area contributed by atoms with Crippen molar-refractivity contribution in [2.24, 2.45) is 5.92 Å². The first-order valence-corrected chi connectivity index (χ1v) is 8.84. The predicted octanol–water partition coefficient (Wildman–Crippen LogP) is 1.28. The van der Waals surface area contributed by atoms with E-state index >= 15 is 0 Å². The first-order chi connectivity index (χ1) is 12.5. The summed E-state index contributed by atoms with van der Waals surface area (Å²) >= 11 is 0. The Balaban J connectivity index is 1.89. The van der Waals surface area contributed by atoms with Crippen LogP contribution in [0.25, 0.3) is 0 Å². The lowest BCUT2D eigenvalue weighted by Gasteiger charge is -2.26. The first-order valence-electron chi connectivity index (χ1n) is 8.84. The Labute approximate surface area is 153 Å². The molecule has 26 heavy (non-hydrogen) atoms. The molecule has 7 nitrogen and oxygen atoms in total. The Morgan fingerprint density at radius 3 is 2.69 bits per heavy atom. The third-order valence-corrected chi connectivity index (χ3v) is 4.22.